The molecule has 2 fully saturated rings. The third kappa shape index (κ3) is 5.01. The number of aliphatic hydroxyl groups excluding tert-OH is 1. The summed E-state index contributed by atoms with van der Waals surface area (Å²) in [5, 5.41) is 13.1. The molecular weight excluding hydrogens is 248 g/mol. The average molecular weight is 282 g/mol. The number of nitrogens with zero attached hydrogens (tertiary/aromatic N) is 1. The second-order valence-electron chi connectivity index (χ2n) is 6.89. The lowest BCUT2D eigenvalue weighted by atomic mass is 9.91. The van der Waals surface area contributed by atoms with E-state index in [-0.39, 0.29) is 0 Å². The van der Waals surface area contributed by atoms with Gasteiger partial charge in [-0.1, -0.05) is 26.2 Å². The summed E-state index contributed by atoms with van der Waals surface area (Å²) < 4.78 is 0. The van der Waals surface area contributed by atoms with E-state index in [1.165, 1.54) is 77.5 Å². The van der Waals surface area contributed by atoms with Gasteiger partial charge in [-0.3, -0.25) is 0 Å². The highest BCUT2D eigenvalue weighted by Gasteiger charge is 2.27. The highest BCUT2D eigenvalue weighted by molar-refractivity contribution is 4.83. The Labute approximate surface area is 125 Å². The third-order valence-corrected chi connectivity index (χ3v) is 5.27. The Morgan fingerprint density at radius 2 is 1.80 bits per heavy atom. The number of nitrogens with one attached hydrogen (secondary N) is 1. The van der Waals surface area contributed by atoms with Gasteiger partial charge >= 0.3 is 0 Å². The van der Waals surface area contributed by atoms with Gasteiger partial charge in [0.15, 0.2) is 0 Å². The second kappa shape index (κ2) is 9.01. The molecular formula is C17H34N2O. The van der Waals surface area contributed by atoms with Gasteiger partial charge in [0.25, 0.3) is 0 Å². The van der Waals surface area contributed by atoms with Crippen LogP contribution in [0, 0.1) is 11.8 Å². The van der Waals surface area contributed by atoms with Gasteiger partial charge < -0.3 is 15.3 Å². The molecule has 2 atom stereocenters. The molecule has 0 amide bonds. The number of rotatable bonds is 6. The molecule has 1 saturated carbocycles. The zero-order valence-corrected chi connectivity index (χ0v) is 13.3. The Morgan fingerprint density at radius 3 is 2.50 bits per heavy atom. The van der Waals surface area contributed by atoms with Crippen LogP contribution >= 0.6 is 0 Å². The van der Waals surface area contributed by atoms with Crippen LogP contribution in [-0.2, 0) is 0 Å². The van der Waals surface area contributed by atoms with E-state index < -0.39 is 0 Å². The van der Waals surface area contributed by atoms with E-state index in [4.69, 9.17) is 0 Å². The molecule has 0 aromatic heterocycles. The summed E-state index contributed by atoms with van der Waals surface area (Å²) in [5.41, 5.74) is 0. The Bertz CT molecular complexity index is 251. The van der Waals surface area contributed by atoms with Crippen molar-refractivity contribution in [1.29, 1.82) is 0 Å². The maximum atomic E-state index is 9.25. The van der Waals surface area contributed by atoms with Crippen LogP contribution in [0.25, 0.3) is 0 Å². The van der Waals surface area contributed by atoms with Gasteiger partial charge in [0.2, 0.25) is 0 Å². The Morgan fingerprint density at radius 1 is 1.05 bits per heavy atom. The predicted molar refractivity (Wildman–Crippen MR) is 84.9 cm³/mol. The molecule has 1 aliphatic carbocycles. The quantitative estimate of drug-likeness (QED) is 0.735. The van der Waals surface area contributed by atoms with Crippen LogP contribution in [0.3, 0.4) is 0 Å². The molecule has 2 aliphatic rings. The van der Waals surface area contributed by atoms with Crippen LogP contribution in [-0.4, -0.2) is 48.8 Å². The molecule has 0 aromatic carbocycles. The lowest BCUT2D eigenvalue weighted by Gasteiger charge is -2.36. The molecule has 2 unspecified atom stereocenters. The molecule has 3 nitrogen and oxygen atoms in total. The second-order valence-corrected chi connectivity index (χ2v) is 6.89. The molecule has 118 valence electrons. The lowest BCUT2D eigenvalue weighted by molar-refractivity contribution is 0.110. The van der Waals surface area contributed by atoms with Crippen molar-refractivity contribution in [2.75, 3.05) is 32.8 Å². The lowest BCUT2D eigenvalue weighted by Crippen LogP contribution is -2.44. The van der Waals surface area contributed by atoms with Crippen LogP contribution in [0.5, 0.6) is 0 Å². The van der Waals surface area contributed by atoms with Crippen LogP contribution in [0.1, 0.15) is 58.3 Å². The highest BCUT2D eigenvalue weighted by atomic mass is 16.3. The molecule has 0 bridgehead atoms. The van der Waals surface area contributed by atoms with E-state index in [2.05, 4.69) is 17.1 Å². The van der Waals surface area contributed by atoms with Crippen LogP contribution in [0.2, 0.25) is 0 Å². The molecule has 20 heavy (non-hydrogen) atoms. The minimum Gasteiger partial charge on any atom is -0.396 e. The average Bonchev–Trinajstić information content (AvgIpc) is 2.71. The summed E-state index contributed by atoms with van der Waals surface area (Å²) in [6.07, 6.45) is 10.6. The van der Waals surface area contributed by atoms with Crippen molar-refractivity contribution in [3.8, 4) is 0 Å². The summed E-state index contributed by atoms with van der Waals surface area (Å²) >= 11 is 0. The molecule has 0 spiro atoms. The smallest absolute Gasteiger partial charge is 0.0460 e. The van der Waals surface area contributed by atoms with E-state index >= 15 is 0 Å². The topological polar surface area (TPSA) is 35.5 Å². The number of hydrogen-bond donors (Lipinski definition) is 2. The predicted octanol–water partition coefficient (Wildman–Crippen LogP) is 2.64. The Kier molecular flexibility index (Phi) is 7.32. The molecule has 2 N–H and O–H groups in total. The van der Waals surface area contributed by atoms with Crippen molar-refractivity contribution in [2.45, 2.75) is 64.3 Å². The van der Waals surface area contributed by atoms with Gasteiger partial charge in [0.05, 0.1) is 0 Å². The maximum Gasteiger partial charge on any atom is 0.0460 e. The van der Waals surface area contributed by atoms with Crippen molar-refractivity contribution in [3.05, 3.63) is 0 Å². The zero-order chi connectivity index (χ0) is 14.2. The van der Waals surface area contributed by atoms with Gasteiger partial charge in [-0.2, -0.15) is 0 Å². The minimum absolute atomic E-state index is 0.387. The van der Waals surface area contributed by atoms with Crippen molar-refractivity contribution in [2.24, 2.45) is 11.8 Å². The minimum atomic E-state index is 0.387. The summed E-state index contributed by atoms with van der Waals surface area (Å²) in [6.45, 7) is 7.49. The fourth-order valence-electron chi connectivity index (χ4n) is 3.88. The first-order valence-corrected chi connectivity index (χ1v) is 8.90. The van der Waals surface area contributed by atoms with Gasteiger partial charge in [0, 0.05) is 19.2 Å². The molecule has 1 saturated heterocycles. The SMILES string of the molecule is CCCNC1CCCCCC1CN1CCC(CO)CC1. The number of likely N-dealkylation sites (tertiary alicyclic amines) is 1. The molecule has 3 heteroatoms. The van der Waals surface area contributed by atoms with Crippen molar-refractivity contribution < 1.29 is 5.11 Å². The van der Waals surface area contributed by atoms with Gasteiger partial charge in [-0.05, 0) is 63.6 Å². The van der Waals surface area contributed by atoms with Gasteiger partial charge in [-0.25, -0.2) is 0 Å². The van der Waals surface area contributed by atoms with Gasteiger partial charge in [0.1, 0.15) is 0 Å². The van der Waals surface area contributed by atoms with Crippen LogP contribution in [0.4, 0.5) is 0 Å². The van der Waals surface area contributed by atoms with Crippen LogP contribution < -0.4 is 5.32 Å². The number of piperidine rings is 1. The van der Waals surface area contributed by atoms with Crippen LogP contribution in [0.15, 0.2) is 0 Å². The fraction of sp³-hybridized carbons (Fsp3) is 1.00. The van der Waals surface area contributed by atoms with Crippen molar-refractivity contribution in [3.63, 3.8) is 0 Å². The van der Waals surface area contributed by atoms with Crippen molar-refractivity contribution >= 4 is 0 Å². The molecule has 1 heterocycles. The van der Waals surface area contributed by atoms with E-state index in [9.17, 15) is 5.11 Å². The first-order chi connectivity index (χ1) is 9.83. The molecule has 0 radical (unpaired) electrons. The summed E-state index contributed by atoms with van der Waals surface area (Å²) in [7, 11) is 0. The largest absolute Gasteiger partial charge is 0.396 e. The maximum absolute atomic E-state index is 9.25. The van der Waals surface area contributed by atoms with Crippen molar-refractivity contribution in [1.82, 2.24) is 10.2 Å². The third-order valence-electron chi connectivity index (χ3n) is 5.27. The number of aliphatic hydroxyl groups is 1. The molecule has 0 aromatic rings. The Balaban J connectivity index is 1.81. The van der Waals surface area contributed by atoms with Gasteiger partial charge in [-0.15, -0.1) is 0 Å². The first kappa shape index (κ1) is 16.3. The monoisotopic (exact) mass is 282 g/mol. The summed E-state index contributed by atoms with van der Waals surface area (Å²) in [4.78, 5) is 2.66. The fourth-order valence-corrected chi connectivity index (χ4v) is 3.88. The van der Waals surface area contributed by atoms with E-state index in [1.54, 1.807) is 0 Å². The van der Waals surface area contributed by atoms with E-state index in [0.29, 0.717) is 12.5 Å². The highest BCUT2D eigenvalue weighted by Crippen LogP contribution is 2.26. The molecule has 2 rings (SSSR count). The Hall–Kier alpha value is -0.120. The summed E-state index contributed by atoms with van der Waals surface area (Å²) in [5.74, 6) is 1.41. The standard InChI is InChI=1S/C17H34N2O/c1-2-10-18-17-7-5-3-4-6-16(17)13-19-11-8-15(14-20)9-12-19/h15-18,20H,2-14H2,1H3. The van der Waals surface area contributed by atoms with E-state index in [0.717, 1.165) is 12.0 Å². The zero-order valence-electron chi connectivity index (χ0n) is 13.3. The first-order valence-electron chi connectivity index (χ1n) is 8.90. The normalized spacial score (nSPS) is 30.3. The molecule has 1 aliphatic heterocycles. The number of hydrogen-bond acceptors (Lipinski definition) is 3. The summed E-state index contributed by atoms with van der Waals surface area (Å²) in [6, 6.07) is 0.744. The van der Waals surface area contributed by atoms with E-state index in [1.807, 2.05) is 0 Å².